The summed E-state index contributed by atoms with van der Waals surface area (Å²) < 4.78 is 0. The lowest BCUT2D eigenvalue weighted by Gasteiger charge is -2.27. The zero-order valence-electron chi connectivity index (χ0n) is 27.5. The molecule has 0 fully saturated rings. The van der Waals surface area contributed by atoms with Crippen molar-refractivity contribution in [1.82, 2.24) is 0 Å². The SMILES string of the molecule is c1ccc(N(c2ccc(-c3ccc(N(c4ccc5ccccc5c4)c4ccc5ccccc5c4)cc3)cc2)c2cccc3ccccc23)cc1. The van der Waals surface area contributed by atoms with Gasteiger partial charge in [0, 0.05) is 33.8 Å². The summed E-state index contributed by atoms with van der Waals surface area (Å²) >= 11 is 0. The van der Waals surface area contributed by atoms with Gasteiger partial charge in [-0.25, -0.2) is 0 Å². The summed E-state index contributed by atoms with van der Waals surface area (Å²) in [6, 6.07) is 74.1. The molecule has 0 aliphatic carbocycles. The number of anilines is 6. The molecule has 0 spiro atoms. The maximum atomic E-state index is 2.35. The molecule has 2 heteroatoms. The minimum Gasteiger partial charge on any atom is -0.310 e. The van der Waals surface area contributed by atoms with Crippen LogP contribution in [0, 0.1) is 0 Å². The molecule has 0 saturated heterocycles. The molecule has 50 heavy (non-hydrogen) atoms. The quantitative estimate of drug-likeness (QED) is 0.171. The number of fused-ring (bicyclic) bond motifs is 3. The Bertz CT molecular complexity index is 2500. The summed E-state index contributed by atoms with van der Waals surface area (Å²) in [6.45, 7) is 0. The lowest BCUT2D eigenvalue weighted by molar-refractivity contribution is 1.29. The van der Waals surface area contributed by atoms with Gasteiger partial charge < -0.3 is 9.80 Å². The highest BCUT2D eigenvalue weighted by atomic mass is 15.1. The lowest BCUT2D eigenvalue weighted by Crippen LogP contribution is -2.10. The first-order valence-electron chi connectivity index (χ1n) is 17.1. The second-order valence-corrected chi connectivity index (χ2v) is 12.7. The molecule has 2 nitrogen and oxygen atoms in total. The maximum absolute atomic E-state index is 2.35. The molecule has 0 bridgehead atoms. The van der Waals surface area contributed by atoms with Crippen LogP contribution in [0.1, 0.15) is 0 Å². The Morgan fingerprint density at radius 3 is 1.24 bits per heavy atom. The molecule has 9 aromatic carbocycles. The number of rotatable bonds is 7. The highest BCUT2D eigenvalue weighted by molar-refractivity contribution is 5.99. The smallest absolute Gasteiger partial charge is 0.0540 e. The Morgan fingerprint density at radius 1 is 0.240 bits per heavy atom. The molecule has 0 amide bonds. The highest BCUT2D eigenvalue weighted by Crippen LogP contribution is 2.41. The Morgan fingerprint density at radius 2 is 0.660 bits per heavy atom. The van der Waals surface area contributed by atoms with Gasteiger partial charge in [0.15, 0.2) is 0 Å². The first-order valence-corrected chi connectivity index (χ1v) is 17.1. The molecule has 0 aliphatic rings. The number of hydrogen-bond donors (Lipinski definition) is 0. The first-order chi connectivity index (χ1) is 24.8. The fourth-order valence-electron chi connectivity index (χ4n) is 7.09. The van der Waals surface area contributed by atoms with Crippen molar-refractivity contribution in [3.05, 3.63) is 206 Å². The number of nitrogens with zero attached hydrogens (tertiary/aromatic N) is 2. The Balaban J connectivity index is 1.08. The molecule has 0 unspecified atom stereocenters. The summed E-state index contributed by atoms with van der Waals surface area (Å²) in [5, 5.41) is 7.37. The summed E-state index contributed by atoms with van der Waals surface area (Å²) in [6.07, 6.45) is 0. The Kier molecular flexibility index (Phi) is 7.53. The molecule has 0 saturated carbocycles. The fraction of sp³-hybridized carbons (Fsp3) is 0. The molecular formula is C48H34N2. The van der Waals surface area contributed by atoms with Gasteiger partial charge in [-0.2, -0.15) is 0 Å². The topological polar surface area (TPSA) is 6.48 Å². The highest BCUT2D eigenvalue weighted by Gasteiger charge is 2.17. The largest absolute Gasteiger partial charge is 0.310 e. The molecule has 236 valence electrons. The molecule has 0 N–H and O–H groups in total. The minimum atomic E-state index is 1.11. The van der Waals surface area contributed by atoms with Crippen molar-refractivity contribution >= 4 is 66.4 Å². The van der Waals surface area contributed by atoms with Crippen LogP contribution >= 0.6 is 0 Å². The van der Waals surface area contributed by atoms with E-state index in [9.17, 15) is 0 Å². The second kappa shape index (κ2) is 12.8. The predicted octanol–water partition coefficient (Wildman–Crippen LogP) is 13.8. The maximum Gasteiger partial charge on any atom is 0.0540 e. The van der Waals surface area contributed by atoms with E-state index < -0.39 is 0 Å². The standard InChI is InChI=1S/C48H34N2/c1-2-17-42(18-3-1)50(48-20-10-16-39-13-8-9-19-47(39)48)44-29-23-38(24-30-44)37-21-27-43(28-22-37)49(45-31-25-35-11-4-6-14-40(35)33-45)46-32-26-36-12-5-7-15-41(36)34-46/h1-34H. The van der Waals surface area contributed by atoms with E-state index in [1.807, 2.05) is 0 Å². The van der Waals surface area contributed by atoms with E-state index in [2.05, 4.69) is 216 Å². The Hall–Kier alpha value is -6.64. The lowest BCUT2D eigenvalue weighted by atomic mass is 10.0. The molecule has 9 aromatic rings. The summed E-state index contributed by atoms with van der Waals surface area (Å²) in [5.41, 5.74) is 9.13. The van der Waals surface area contributed by atoms with Gasteiger partial charge in [-0.15, -0.1) is 0 Å². The molecule has 0 aliphatic heterocycles. The molecule has 0 atom stereocenters. The van der Waals surface area contributed by atoms with Crippen LogP contribution in [0.5, 0.6) is 0 Å². The molecule has 0 aromatic heterocycles. The van der Waals surface area contributed by atoms with Gasteiger partial charge >= 0.3 is 0 Å². The van der Waals surface area contributed by atoms with Crippen molar-refractivity contribution in [3.63, 3.8) is 0 Å². The average molecular weight is 639 g/mol. The monoisotopic (exact) mass is 638 g/mol. The zero-order chi connectivity index (χ0) is 33.3. The van der Waals surface area contributed by atoms with Crippen molar-refractivity contribution in [2.45, 2.75) is 0 Å². The van der Waals surface area contributed by atoms with E-state index >= 15 is 0 Å². The minimum absolute atomic E-state index is 1.11. The van der Waals surface area contributed by atoms with E-state index in [1.165, 1.54) is 43.4 Å². The summed E-state index contributed by atoms with van der Waals surface area (Å²) in [5.74, 6) is 0. The number of benzene rings is 9. The van der Waals surface area contributed by atoms with Crippen molar-refractivity contribution in [3.8, 4) is 11.1 Å². The molecule has 0 heterocycles. The second-order valence-electron chi connectivity index (χ2n) is 12.7. The van der Waals surface area contributed by atoms with Gasteiger partial charge in [0.2, 0.25) is 0 Å². The third-order valence-corrected chi connectivity index (χ3v) is 9.59. The van der Waals surface area contributed by atoms with Gasteiger partial charge in [-0.1, -0.05) is 140 Å². The van der Waals surface area contributed by atoms with E-state index in [-0.39, 0.29) is 0 Å². The van der Waals surface area contributed by atoms with E-state index in [0.717, 1.165) is 34.1 Å². The van der Waals surface area contributed by atoms with Crippen LogP contribution in [0.25, 0.3) is 43.4 Å². The fourth-order valence-corrected chi connectivity index (χ4v) is 7.09. The van der Waals surface area contributed by atoms with Crippen molar-refractivity contribution in [2.75, 3.05) is 9.80 Å². The van der Waals surface area contributed by atoms with Gasteiger partial charge in [0.1, 0.15) is 0 Å². The molecular weight excluding hydrogens is 605 g/mol. The van der Waals surface area contributed by atoms with Gasteiger partial charge in [0.25, 0.3) is 0 Å². The third kappa shape index (κ3) is 5.53. The predicted molar refractivity (Wildman–Crippen MR) is 214 cm³/mol. The van der Waals surface area contributed by atoms with Crippen LogP contribution < -0.4 is 9.80 Å². The molecule has 0 radical (unpaired) electrons. The van der Waals surface area contributed by atoms with Crippen molar-refractivity contribution < 1.29 is 0 Å². The van der Waals surface area contributed by atoms with Crippen LogP contribution in [0.3, 0.4) is 0 Å². The zero-order valence-corrected chi connectivity index (χ0v) is 27.5. The van der Waals surface area contributed by atoms with Gasteiger partial charge in [-0.05, 0) is 105 Å². The van der Waals surface area contributed by atoms with Crippen LogP contribution in [0.4, 0.5) is 34.1 Å². The normalized spacial score (nSPS) is 11.2. The van der Waals surface area contributed by atoms with Gasteiger partial charge in [-0.3, -0.25) is 0 Å². The van der Waals surface area contributed by atoms with Crippen LogP contribution in [0.15, 0.2) is 206 Å². The van der Waals surface area contributed by atoms with Gasteiger partial charge in [0.05, 0.1) is 5.69 Å². The summed E-state index contributed by atoms with van der Waals surface area (Å²) in [7, 11) is 0. The third-order valence-electron chi connectivity index (χ3n) is 9.59. The average Bonchev–Trinajstić information content (AvgIpc) is 3.19. The van der Waals surface area contributed by atoms with Crippen molar-refractivity contribution in [2.24, 2.45) is 0 Å². The Labute approximate surface area is 292 Å². The number of para-hydroxylation sites is 1. The molecule has 9 rings (SSSR count). The van der Waals surface area contributed by atoms with E-state index in [0.29, 0.717) is 0 Å². The van der Waals surface area contributed by atoms with E-state index in [4.69, 9.17) is 0 Å². The van der Waals surface area contributed by atoms with Crippen LogP contribution in [-0.2, 0) is 0 Å². The van der Waals surface area contributed by atoms with Crippen LogP contribution in [0.2, 0.25) is 0 Å². The van der Waals surface area contributed by atoms with E-state index in [1.54, 1.807) is 0 Å². The van der Waals surface area contributed by atoms with Crippen molar-refractivity contribution in [1.29, 1.82) is 0 Å². The summed E-state index contributed by atoms with van der Waals surface area (Å²) in [4.78, 5) is 4.70. The number of hydrogen-bond acceptors (Lipinski definition) is 2. The van der Waals surface area contributed by atoms with Crippen LogP contribution in [-0.4, -0.2) is 0 Å². The first kappa shape index (κ1) is 29.5.